The third kappa shape index (κ3) is 4.78. The summed E-state index contributed by atoms with van der Waals surface area (Å²) >= 11 is 0. The molecule has 0 heterocycles. The average Bonchev–Trinajstić information content (AvgIpc) is 2.46. The van der Waals surface area contributed by atoms with Crippen molar-refractivity contribution in [2.24, 2.45) is 0 Å². The third-order valence-electron chi connectivity index (χ3n) is 3.34. The fraction of sp³-hybridized carbons (Fsp3) is 0.333. The Balaban J connectivity index is 1.84. The van der Waals surface area contributed by atoms with Crippen LogP contribution in [0, 0.1) is 0 Å². The van der Waals surface area contributed by atoms with Crippen LogP contribution in [0.2, 0.25) is 0 Å². The standard InChI is InChI=1S/C18H23N/c1-2-3-4-6-9-16-12-14-18(15-13-16)19-17-10-7-5-8-11-17/h5,7-8,10-15,19H,2-4,6,9H2,1H3. The number of hydrogen-bond donors (Lipinski definition) is 1. The van der Waals surface area contributed by atoms with Crippen molar-refractivity contribution in [1.29, 1.82) is 0 Å². The molecule has 0 amide bonds. The molecular weight excluding hydrogens is 230 g/mol. The topological polar surface area (TPSA) is 12.0 Å². The molecule has 19 heavy (non-hydrogen) atoms. The molecule has 0 spiro atoms. The predicted molar refractivity (Wildman–Crippen MR) is 84.0 cm³/mol. The first-order valence-corrected chi connectivity index (χ1v) is 7.29. The number of hydrogen-bond acceptors (Lipinski definition) is 1. The molecular formula is C18H23N. The monoisotopic (exact) mass is 253 g/mol. The predicted octanol–water partition coefficient (Wildman–Crippen LogP) is 5.55. The maximum absolute atomic E-state index is 3.41. The Labute approximate surface area is 116 Å². The number of unbranched alkanes of at least 4 members (excludes halogenated alkanes) is 3. The van der Waals surface area contributed by atoms with Gasteiger partial charge in [0.2, 0.25) is 0 Å². The van der Waals surface area contributed by atoms with Gasteiger partial charge >= 0.3 is 0 Å². The van der Waals surface area contributed by atoms with Gasteiger partial charge in [0.05, 0.1) is 0 Å². The van der Waals surface area contributed by atoms with Crippen LogP contribution in [-0.4, -0.2) is 0 Å². The van der Waals surface area contributed by atoms with Gasteiger partial charge in [-0.1, -0.05) is 56.5 Å². The van der Waals surface area contributed by atoms with Gasteiger partial charge in [-0.15, -0.1) is 0 Å². The summed E-state index contributed by atoms with van der Waals surface area (Å²) in [7, 11) is 0. The van der Waals surface area contributed by atoms with Gasteiger partial charge in [0.15, 0.2) is 0 Å². The maximum atomic E-state index is 3.41. The zero-order valence-electron chi connectivity index (χ0n) is 11.7. The molecule has 0 saturated heterocycles. The second-order valence-corrected chi connectivity index (χ2v) is 5.00. The van der Waals surface area contributed by atoms with Crippen molar-refractivity contribution in [1.82, 2.24) is 0 Å². The number of rotatable bonds is 7. The summed E-state index contributed by atoms with van der Waals surface area (Å²) in [5.74, 6) is 0. The summed E-state index contributed by atoms with van der Waals surface area (Å²) < 4.78 is 0. The van der Waals surface area contributed by atoms with Crippen LogP contribution in [0.3, 0.4) is 0 Å². The molecule has 1 heteroatoms. The van der Waals surface area contributed by atoms with Crippen molar-refractivity contribution in [3.63, 3.8) is 0 Å². The molecule has 0 fully saturated rings. The van der Waals surface area contributed by atoms with Crippen LogP contribution in [-0.2, 0) is 6.42 Å². The summed E-state index contributed by atoms with van der Waals surface area (Å²) in [5, 5.41) is 3.41. The Morgan fingerprint density at radius 2 is 1.42 bits per heavy atom. The fourth-order valence-corrected chi connectivity index (χ4v) is 2.20. The molecule has 0 aliphatic carbocycles. The highest BCUT2D eigenvalue weighted by atomic mass is 14.9. The van der Waals surface area contributed by atoms with E-state index in [0.717, 1.165) is 11.4 Å². The minimum Gasteiger partial charge on any atom is -0.356 e. The lowest BCUT2D eigenvalue weighted by Crippen LogP contribution is -1.91. The van der Waals surface area contributed by atoms with E-state index in [1.165, 1.54) is 37.7 Å². The third-order valence-corrected chi connectivity index (χ3v) is 3.34. The summed E-state index contributed by atoms with van der Waals surface area (Å²) in [5.41, 5.74) is 3.73. The van der Waals surface area contributed by atoms with E-state index in [1.54, 1.807) is 0 Å². The first kappa shape index (κ1) is 13.7. The quantitative estimate of drug-likeness (QED) is 0.638. The van der Waals surface area contributed by atoms with Crippen LogP contribution in [0.25, 0.3) is 0 Å². The van der Waals surface area contributed by atoms with E-state index >= 15 is 0 Å². The van der Waals surface area contributed by atoms with E-state index in [4.69, 9.17) is 0 Å². The van der Waals surface area contributed by atoms with Crippen molar-refractivity contribution in [3.8, 4) is 0 Å². The van der Waals surface area contributed by atoms with Gasteiger partial charge in [0, 0.05) is 11.4 Å². The molecule has 1 N–H and O–H groups in total. The van der Waals surface area contributed by atoms with Crippen molar-refractivity contribution in [2.45, 2.75) is 39.0 Å². The molecule has 0 aliphatic rings. The molecule has 0 radical (unpaired) electrons. The van der Waals surface area contributed by atoms with E-state index in [2.05, 4.69) is 48.6 Å². The lowest BCUT2D eigenvalue weighted by atomic mass is 10.1. The van der Waals surface area contributed by atoms with Gasteiger partial charge in [0.1, 0.15) is 0 Å². The van der Waals surface area contributed by atoms with Crippen molar-refractivity contribution >= 4 is 11.4 Å². The fourth-order valence-electron chi connectivity index (χ4n) is 2.20. The molecule has 1 nitrogen and oxygen atoms in total. The zero-order chi connectivity index (χ0) is 13.3. The lowest BCUT2D eigenvalue weighted by molar-refractivity contribution is 0.667. The summed E-state index contributed by atoms with van der Waals surface area (Å²) in [4.78, 5) is 0. The molecule has 0 atom stereocenters. The Hall–Kier alpha value is -1.76. The van der Waals surface area contributed by atoms with Gasteiger partial charge in [-0.05, 0) is 42.7 Å². The number of aryl methyl sites for hydroxylation is 1. The van der Waals surface area contributed by atoms with Crippen LogP contribution in [0.15, 0.2) is 54.6 Å². The maximum Gasteiger partial charge on any atom is 0.0384 e. The molecule has 2 aromatic carbocycles. The lowest BCUT2D eigenvalue weighted by Gasteiger charge is -2.07. The molecule has 0 bridgehead atoms. The largest absolute Gasteiger partial charge is 0.356 e. The number of para-hydroxylation sites is 1. The molecule has 0 unspecified atom stereocenters. The summed E-state index contributed by atoms with van der Waals surface area (Å²) in [6, 6.07) is 19.1. The Morgan fingerprint density at radius 1 is 0.737 bits per heavy atom. The minimum absolute atomic E-state index is 1.14. The Morgan fingerprint density at radius 3 is 2.11 bits per heavy atom. The smallest absolute Gasteiger partial charge is 0.0384 e. The van der Waals surface area contributed by atoms with E-state index in [1.807, 2.05) is 18.2 Å². The van der Waals surface area contributed by atoms with Crippen LogP contribution in [0.1, 0.15) is 38.2 Å². The van der Waals surface area contributed by atoms with E-state index < -0.39 is 0 Å². The highest BCUT2D eigenvalue weighted by molar-refractivity contribution is 5.59. The molecule has 2 aromatic rings. The second-order valence-electron chi connectivity index (χ2n) is 5.00. The number of benzene rings is 2. The molecule has 0 aromatic heterocycles. The first-order valence-electron chi connectivity index (χ1n) is 7.29. The van der Waals surface area contributed by atoms with Gasteiger partial charge in [0.25, 0.3) is 0 Å². The highest BCUT2D eigenvalue weighted by Crippen LogP contribution is 2.17. The van der Waals surface area contributed by atoms with Gasteiger partial charge in [-0.25, -0.2) is 0 Å². The minimum atomic E-state index is 1.14. The van der Waals surface area contributed by atoms with Crippen molar-refractivity contribution < 1.29 is 0 Å². The van der Waals surface area contributed by atoms with Gasteiger partial charge in [-0.2, -0.15) is 0 Å². The molecule has 2 rings (SSSR count). The van der Waals surface area contributed by atoms with Crippen molar-refractivity contribution in [3.05, 3.63) is 60.2 Å². The molecule has 0 aliphatic heterocycles. The van der Waals surface area contributed by atoms with E-state index in [0.29, 0.717) is 0 Å². The van der Waals surface area contributed by atoms with Crippen LogP contribution < -0.4 is 5.32 Å². The molecule has 0 saturated carbocycles. The van der Waals surface area contributed by atoms with E-state index in [-0.39, 0.29) is 0 Å². The molecule has 100 valence electrons. The van der Waals surface area contributed by atoms with E-state index in [9.17, 15) is 0 Å². The second kappa shape index (κ2) is 7.63. The van der Waals surface area contributed by atoms with Crippen molar-refractivity contribution in [2.75, 3.05) is 5.32 Å². The number of anilines is 2. The van der Waals surface area contributed by atoms with Crippen LogP contribution in [0.4, 0.5) is 11.4 Å². The first-order chi connectivity index (χ1) is 9.38. The van der Waals surface area contributed by atoms with Gasteiger partial charge in [-0.3, -0.25) is 0 Å². The highest BCUT2D eigenvalue weighted by Gasteiger charge is 1.96. The Kier molecular flexibility index (Phi) is 5.49. The summed E-state index contributed by atoms with van der Waals surface area (Å²) in [6.07, 6.45) is 6.51. The zero-order valence-corrected chi connectivity index (χ0v) is 11.7. The SMILES string of the molecule is CCCCCCc1ccc(Nc2ccccc2)cc1. The van der Waals surface area contributed by atoms with Gasteiger partial charge < -0.3 is 5.32 Å². The number of nitrogens with one attached hydrogen (secondary N) is 1. The normalized spacial score (nSPS) is 10.4. The summed E-state index contributed by atoms with van der Waals surface area (Å²) in [6.45, 7) is 2.25. The van der Waals surface area contributed by atoms with Crippen LogP contribution >= 0.6 is 0 Å². The Bertz CT molecular complexity index is 459. The average molecular weight is 253 g/mol. The van der Waals surface area contributed by atoms with Crippen LogP contribution in [0.5, 0.6) is 0 Å².